The predicted molar refractivity (Wildman–Crippen MR) is 75.8 cm³/mol. The molecule has 0 aromatic heterocycles. The van der Waals surface area contributed by atoms with Crippen molar-refractivity contribution in [2.24, 2.45) is 16.6 Å². The highest BCUT2D eigenvalue weighted by molar-refractivity contribution is 14.0. The average molecular weight is 329 g/mol. The highest BCUT2D eigenvalue weighted by atomic mass is 127. The molecule has 0 spiro atoms. The molecule has 3 N–H and O–H groups in total. The van der Waals surface area contributed by atoms with Gasteiger partial charge in [-0.2, -0.15) is 0 Å². The quantitative estimate of drug-likeness (QED) is 0.337. The number of halogens is 1. The summed E-state index contributed by atoms with van der Waals surface area (Å²) >= 11 is 0. The Morgan fingerprint density at radius 3 is 2.40 bits per heavy atom. The molecule has 4 nitrogen and oxygen atoms in total. The van der Waals surface area contributed by atoms with Crippen LogP contribution in [0.3, 0.4) is 0 Å². The van der Waals surface area contributed by atoms with Gasteiger partial charge in [-0.1, -0.05) is 13.8 Å². The van der Waals surface area contributed by atoms with E-state index in [0.29, 0.717) is 25.0 Å². The molecule has 0 bridgehead atoms. The second kappa shape index (κ2) is 10.5. The van der Waals surface area contributed by atoms with E-state index in [1.807, 2.05) is 13.8 Å². The summed E-state index contributed by atoms with van der Waals surface area (Å²) in [5.41, 5.74) is 5.62. The Kier molecular flexibility index (Phi) is 12.1. The summed E-state index contributed by atoms with van der Waals surface area (Å²) < 4.78 is 5.34. The lowest BCUT2D eigenvalue weighted by molar-refractivity contribution is 0.0830. The van der Waals surface area contributed by atoms with Crippen molar-refractivity contribution in [3.05, 3.63) is 0 Å². The molecule has 0 aliphatic heterocycles. The predicted octanol–water partition coefficient (Wildman–Crippen LogP) is 1.59. The van der Waals surface area contributed by atoms with Gasteiger partial charge in [0.1, 0.15) is 0 Å². The van der Waals surface area contributed by atoms with E-state index in [1.54, 1.807) is 0 Å². The minimum Gasteiger partial charge on any atom is -0.377 e. The molecule has 0 radical (unpaired) electrons. The zero-order valence-corrected chi connectivity index (χ0v) is 12.4. The summed E-state index contributed by atoms with van der Waals surface area (Å²) in [6.45, 7) is 10.4. The molecule has 0 aliphatic rings. The standard InChI is InChI=1S/C10H23N3O.HI/c1-8(2)7-13-10(11)12-5-6-14-9(3)4;/h8-9H,5-7H2,1-4H3,(H3,11,12,13);1H. The molecule has 0 amide bonds. The molecule has 0 rings (SSSR count). The molecule has 0 saturated carbocycles. The van der Waals surface area contributed by atoms with Gasteiger partial charge in [0.2, 0.25) is 0 Å². The van der Waals surface area contributed by atoms with E-state index in [0.717, 1.165) is 6.54 Å². The third-order valence-electron chi connectivity index (χ3n) is 1.49. The molecule has 0 unspecified atom stereocenters. The van der Waals surface area contributed by atoms with E-state index in [1.165, 1.54) is 0 Å². The molecule has 0 aromatic rings. The summed E-state index contributed by atoms with van der Waals surface area (Å²) in [6, 6.07) is 0. The number of hydrogen-bond donors (Lipinski definition) is 2. The van der Waals surface area contributed by atoms with Crippen molar-refractivity contribution in [3.8, 4) is 0 Å². The van der Waals surface area contributed by atoms with Gasteiger partial charge in [0.05, 0.1) is 12.7 Å². The fourth-order valence-electron chi connectivity index (χ4n) is 0.811. The molecule has 15 heavy (non-hydrogen) atoms. The minimum absolute atomic E-state index is 0. The number of nitrogens with one attached hydrogen (secondary N) is 1. The summed E-state index contributed by atoms with van der Waals surface area (Å²) in [5, 5.41) is 3.00. The molecule has 0 aromatic carbocycles. The fraction of sp³-hybridized carbons (Fsp3) is 0.900. The van der Waals surface area contributed by atoms with Crippen molar-refractivity contribution >= 4 is 29.9 Å². The number of nitrogens with zero attached hydrogens (tertiary/aromatic N) is 1. The minimum atomic E-state index is 0. The van der Waals surface area contributed by atoms with Crippen LogP contribution in [0.25, 0.3) is 0 Å². The van der Waals surface area contributed by atoms with E-state index in [-0.39, 0.29) is 30.1 Å². The Balaban J connectivity index is 0. The molecule has 92 valence electrons. The maximum atomic E-state index is 5.62. The van der Waals surface area contributed by atoms with Gasteiger partial charge < -0.3 is 15.8 Å². The van der Waals surface area contributed by atoms with Crippen LogP contribution in [0.5, 0.6) is 0 Å². The van der Waals surface area contributed by atoms with Crippen molar-refractivity contribution in [2.75, 3.05) is 19.7 Å². The van der Waals surface area contributed by atoms with Crippen LogP contribution >= 0.6 is 24.0 Å². The van der Waals surface area contributed by atoms with Crippen LogP contribution in [0, 0.1) is 5.92 Å². The lowest BCUT2D eigenvalue weighted by Gasteiger charge is -2.09. The van der Waals surface area contributed by atoms with Gasteiger partial charge in [0, 0.05) is 13.1 Å². The van der Waals surface area contributed by atoms with Gasteiger partial charge in [-0.05, 0) is 19.8 Å². The molecule has 0 aliphatic carbocycles. The third kappa shape index (κ3) is 14.0. The fourth-order valence-corrected chi connectivity index (χ4v) is 0.811. The number of guanidine groups is 1. The SMILES string of the molecule is CC(C)CN=C(N)NCCOC(C)C.I. The van der Waals surface area contributed by atoms with Crippen molar-refractivity contribution < 1.29 is 4.74 Å². The van der Waals surface area contributed by atoms with Crippen molar-refractivity contribution in [2.45, 2.75) is 33.8 Å². The topological polar surface area (TPSA) is 59.6 Å². The second-order valence-corrected chi connectivity index (χ2v) is 3.97. The summed E-state index contributed by atoms with van der Waals surface area (Å²) in [4.78, 5) is 4.17. The van der Waals surface area contributed by atoms with Crippen LogP contribution in [0.4, 0.5) is 0 Å². The Labute approximate surface area is 110 Å². The molecule has 0 atom stereocenters. The van der Waals surface area contributed by atoms with E-state index < -0.39 is 0 Å². The van der Waals surface area contributed by atoms with E-state index in [2.05, 4.69) is 24.2 Å². The maximum absolute atomic E-state index is 5.62. The maximum Gasteiger partial charge on any atom is 0.188 e. The molecule has 0 heterocycles. The van der Waals surface area contributed by atoms with Crippen molar-refractivity contribution in [1.82, 2.24) is 5.32 Å². The van der Waals surface area contributed by atoms with Crippen molar-refractivity contribution in [1.29, 1.82) is 0 Å². The third-order valence-corrected chi connectivity index (χ3v) is 1.49. The molecular formula is C10H24IN3O. The zero-order chi connectivity index (χ0) is 11.0. The average Bonchev–Trinajstić information content (AvgIpc) is 2.08. The van der Waals surface area contributed by atoms with Gasteiger partial charge in [-0.25, -0.2) is 0 Å². The van der Waals surface area contributed by atoms with Crippen LogP contribution in [0.15, 0.2) is 4.99 Å². The second-order valence-electron chi connectivity index (χ2n) is 3.97. The van der Waals surface area contributed by atoms with Gasteiger partial charge in [0.15, 0.2) is 5.96 Å². The van der Waals surface area contributed by atoms with Gasteiger partial charge in [-0.3, -0.25) is 4.99 Å². The molecule has 0 saturated heterocycles. The Hall–Kier alpha value is -0.0400. The molecule has 5 heteroatoms. The summed E-state index contributed by atoms with van der Waals surface area (Å²) in [6.07, 6.45) is 0.269. The first kappa shape index (κ1) is 17.4. The van der Waals surface area contributed by atoms with Gasteiger partial charge in [0.25, 0.3) is 0 Å². The van der Waals surface area contributed by atoms with Crippen LogP contribution in [0.1, 0.15) is 27.7 Å². The first-order chi connectivity index (χ1) is 6.52. The van der Waals surface area contributed by atoms with Gasteiger partial charge in [-0.15, -0.1) is 24.0 Å². The number of aliphatic imine (C=N–C) groups is 1. The number of nitrogens with two attached hydrogens (primary N) is 1. The molecule has 0 fully saturated rings. The van der Waals surface area contributed by atoms with E-state index in [4.69, 9.17) is 10.5 Å². The smallest absolute Gasteiger partial charge is 0.188 e. The summed E-state index contributed by atoms with van der Waals surface area (Å²) in [7, 11) is 0. The Bertz CT molecular complexity index is 172. The van der Waals surface area contributed by atoms with E-state index >= 15 is 0 Å². The van der Waals surface area contributed by atoms with Crippen LogP contribution in [-0.4, -0.2) is 31.8 Å². The molecular weight excluding hydrogens is 305 g/mol. The Morgan fingerprint density at radius 2 is 1.93 bits per heavy atom. The highest BCUT2D eigenvalue weighted by Crippen LogP contribution is 1.90. The largest absolute Gasteiger partial charge is 0.377 e. The van der Waals surface area contributed by atoms with Crippen LogP contribution in [0.2, 0.25) is 0 Å². The van der Waals surface area contributed by atoms with Gasteiger partial charge >= 0.3 is 0 Å². The highest BCUT2D eigenvalue weighted by Gasteiger charge is 1.95. The van der Waals surface area contributed by atoms with Crippen molar-refractivity contribution in [3.63, 3.8) is 0 Å². The summed E-state index contributed by atoms with van der Waals surface area (Å²) in [5.74, 6) is 1.05. The first-order valence-electron chi connectivity index (χ1n) is 5.17. The number of rotatable bonds is 6. The van der Waals surface area contributed by atoms with E-state index in [9.17, 15) is 0 Å². The lowest BCUT2D eigenvalue weighted by Crippen LogP contribution is -2.35. The van der Waals surface area contributed by atoms with Crippen LogP contribution < -0.4 is 11.1 Å². The normalized spacial score (nSPS) is 11.7. The Morgan fingerprint density at radius 1 is 1.33 bits per heavy atom. The monoisotopic (exact) mass is 329 g/mol. The number of hydrogen-bond acceptors (Lipinski definition) is 2. The lowest BCUT2D eigenvalue weighted by atomic mass is 10.2. The van der Waals surface area contributed by atoms with Crippen LogP contribution in [-0.2, 0) is 4.74 Å². The zero-order valence-electron chi connectivity index (χ0n) is 10.1. The number of ether oxygens (including phenoxy) is 1. The first-order valence-corrected chi connectivity index (χ1v) is 5.17.